The van der Waals surface area contributed by atoms with Crippen molar-refractivity contribution in [2.24, 2.45) is 0 Å². The van der Waals surface area contributed by atoms with Crippen LogP contribution in [0.5, 0.6) is 0 Å². The highest BCUT2D eigenvalue weighted by Crippen LogP contribution is 2.20. The molecule has 3 nitrogen and oxygen atoms in total. The molecule has 0 fully saturated rings. The van der Waals surface area contributed by atoms with Crippen molar-refractivity contribution in [3.63, 3.8) is 0 Å². The molecule has 0 bridgehead atoms. The number of hydrogen-bond acceptors (Lipinski definition) is 2. The van der Waals surface area contributed by atoms with Crippen LogP contribution in [0.2, 0.25) is 0 Å². The van der Waals surface area contributed by atoms with Crippen molar-refractivity contribution >= 4 is 5.91 Å². The van der Waals surface area contributed by atoms with Crippen LogP contribution < -0.4 is 0 Å². The van der Waals surface area contributed by atoms with Crippen LogP contribution in [0, 0.1) is 0 Å². The Kier molecular flexibility index (Phi) is 3.20. The van der Waals surface area contributed by atoms with E-state index in [1.54, 1.807) is 18.7 Å². The molecule has 3 heteroatoms. The van der Waals surface area contributed by atoms with Gasteiger partial charge in [0, 0.05) is 13.1 Å². The maximum absolute atomic E-state index is 12.1. The summed E-state index contributed by atoms with van der Waals surface area (Å²) in [6.07, 6.45) is 1.96. The molecule has 2 rings (SSSR count). The first kappa shape index (κ1) is 12.1. The number of carbonyl (C=O) groups is 1. The number of carbonyl (C=O) groups excluding carboxylic acids is 1. The van der Waals surface area contributed by atoms with Crippen LogP contribution in [0.1, 0.15) is 31.4 Å². The van der Waals surface area contributed by atoms with Crippen LogP contribution in [0.4, 0.5) is 0 Å². The smallest absolute Gasteiger partial charge is 0.254 e. The highest BCUT2D eigenvalue weighted by Gasteiger charge is 2.30. The molecule has 0 spiro atoms. The maximum atomic E-state index is 12.1. The average Bonchev–Trinajstić information content (AvgIpc) is 2.48. The lowest BCUT2D eigenvalue weighted by atomic mass is 10.0. The Bertz CT molecular complexity index is 420. The third kappa shape index (κ3) is 2.67. The van der Waals surface area contributed by atoms with E-state index < -0.39 is 5.60 Å². The molecule has 0 atom stereocenters. The quantitative estimate of drug-likeness (QED) is 0.802. The molecule has 0 aliphatic carbocycles. The minimum atomic E-state index is -1.28. The summed E-state index contributed by atoms with van der Waals surface area (Å²) in [5.41, 5.74) is 1.24. The molecule has 0 saturated heterocycles. The lowest BCUT2D eigenvalue weighted by molar-refractivity contribution is -0.148. The van der Waals surface area contributed by atoms with Crippen LogP contribution >= 0.6 is 0 Å². The second-order valence-corrected chi connectivity index (χ2v) is 5.16. The Balaban J connectivity index is 2.22. The normalized spacial score (nSPS) is 16.3. The zero-order valence-electron chi connectivity index (χ0n) is 10.4. The van der Waals surface area contributed by atoms with Crippen LogP contribution in [0.3, 0.4) is 0 Å². The van der Waals surface area contributed by atoms with Gasteiger partial charge in [-0.15, -0.1) is 0 Å². The van der Waals surface area contributed by atoms with E-state index in [0.29, 0.717) is 6.54 Å². The number of aryl methyl sites for hydroxylation is 1. The highest BCUT2D eigenvalue weighted by molar-refractivity contribution is 5.84. The summed E-state index contributed by atoms with van der Waals surface area (Å²) in [6, 6.07) is 8.21. The molecule has 1 aliphatic heterocycles. The molecule has 17 heavy (non-hydrogen) atoms. The van der Waals surface area contributed by atoms with E-state index in [2.05, 4.69) is 12.1 Å². The van der Waals surface area contributed by atoms with E-state index in [0.717, 1.165) is 19.4 Å². The number of benzene rings is 1. The standard InChI is InChI=1S/C14H19NO2/c1-14(2,17)13(16)15-9-5-8-11-6-3-4-7-12(11)10-15/h3-4,6-7,17H,5,8-10H2,1-2H3. The summed E-state index contributed by atoms with van der Waals surface area (Å²) in [7, 11) is 0. The van der Waals surface area contributed by atoms with Gasteiger partial charge < -0.3 is 10.0 Å². The monoisotopic (exact) mass is 233 g/mol. The molecule has 0 saturated carbocycles. The van der Waals surface area contributed by atoms with Crippen molar-refractivity contribution in [1.29, 1.82) is 0 Å². The number of amides is 1. The molecule has 1 aromatic carbocycles. The fourth-order valence-corrected chi connectivity index (χ4v) is 2.26. The fraction of sp³-hybridized carbons (Fsp3) is 0.500. The molecule has 0 unspecified atom stereocenters. The Hall–Kier alpha value is -1.35. The molecular formula is C14H19NO2. The Labute approximate surface area is 102 Å². The van der Waals surface area contributed by atoms with Gasteiger partial charge in [0.2, 0.25) is 0 Å². The van der Waals surface area contributed by atoms with Gasteiger partial charge in [-0.1, -0.05) is 24.3 Å². The molecule has 1 heterocycles. The second kappa shape index (κ2) is 4.49. The third-order valence-corrected chi connectivity index (χ3v) is 3.16. The minimum absolute atomic E-state index is 0.186. The number of aliphatic hydroxyl groups is 1. The first-order valence-electron chi connectivity index (χ1n) is 6.07. The van der Waals surface area contributed by atoms with Crippen LogP contribution in [-0.4, -0.2) is 28.1 Å². The van der Waals surface area contributed by atoms with Crippen LogP contribution in [0.15, 0.2) is 24.3 Å². The Morgan fingerprint density at radius 2 is 1.94 bits per heavy atom. The SMILES string of the molecule is CC(C)(O)C(=O)N1CCCc2ccccc2C1. The van der Waals surface area contributed by atoms with Crippen LogP contribution in [-0.2, 0) is 17.8 Å². The zero-order valence-corrected chi connectivity index (χ0v) is 10.4. The van der Waals surface area contributed by atoms with Crippen molar-refractivity contribution < 1.29 is 9.90 Å². The van der Waals surface area contributed by atoms with Gasteiger partial charge in [-0.3, -0.25) is 4.79 Å². The van der Waals surface area contributed by atoms with Gasteiger partial charge in [-0.05, 0) is 37.8 Å². The predicted molar refractivity (Wildman–Crippen MR) is 66.5 cm³/mol. The summed E-state index contributed by atoms with van der Waals surface area (Å²) in [5, 5.41) is 9.79. The molecular weight excluding hydrogens is 214 g/mol. The van der Waals surface area contributed by atoms with Gasteiger partial charge in [0.05, 0.1) is 0 Å². The van der Waals surface area contributed by atoms with E-state index in [1.807, 2.05) is 12.1 Å². The number of rotatable bonds is 1. The van der Waals surface area contributed by atoms with Crippen LogP contribution in [0.25, 0.3) is 0 Å². The molecule has 0 aromatic heterocycles. The van der Waals surface area contributed by atoms with Crippen molar-refractivity contribution in [2.75, 3.05) is 6.54 Å². The summed E-state index contributed by atoms with van der Waals surface area (Å²) in [5.74, 6) is -0.186. The van der Waals surface area contributed by atoms with E-state index in [4.69, 9.17) is 0 Å². The van der Waals surface area contributed by atoms with E-state index in [9.17, 15) is 9.90 Å². The van der Waals surface area contributed by atoms with Gasteiger partial charge in [0.25, 0.3) is 5.91 Å². The van der Waals surface area contributed by atoms with Crippen molar-refractivity contribution in [2.45, 2.75) is 38.8 Å². The third-order valence-electron chi connectivity index (χ3n) is 3.16. The van der Waals surface area contributed by atoms with Gasteiger partial charge in [0.1, 0.15) is 5.60 Å². The Morgan fingerprint density at radius 3 is 2.59 bits per heavy atom. The van der Waals surface area contributed by atoms with Gasteiger partial charge in [-0.2, -0.15) is 0 Å². The summed E-state index contributed by atoms with van der Waals surface area (Å²) < 4.78 is 0. The van der Waals surface area contributed by atoms with Gasteiger partial charge in [0.15, 0.2) is 0 Å². The van der Waals surface area contributed by atoms with E-state index in [-0.39, 0.29) is 5.91 Å². The molecule has 1 aliphatic rings. The molecule has 1 aromatic rings. The number of nitrogens with zero attached hydrogens (tertiary/aromatic N) is 1. The van der Waals surface area contributed by atoms with E-state index >= 15 is 0 Å². The number of hydrogen-bond donors (Lipinski definition) is 1. The second-order valence-electron chi connectivity index (χ2n) is 5.16. The lowest BCUT2D eigenvalue weighted by Gasteiger charge is -2.27. The summed E-state index contributed by atoms with van der Waals surface area (Å²) in [4.78, 5) is 13.8. The first-order valence-corrected chi connectivity index (χ1v) is 6.07. The van der Waals surface area contributed by atoms with Crippen molar-refractivity contribution in [3.05, 3.63) is 35.4 Å². The van der Waals surface area contributed by atoms with E-state index in [1.165, 1.54) is 11.1 Å². The zero-order chi connectivity index (χ0) is 12.5. The summed E-state index contributed by atoms with van der Waals surface area (Å²) >= 11 is 0. The largest absolute Gasteiger partial charge is 0.381 e. The lowest BCUT2D eigenvalue weighted by Crippen LogP contribution is -2.44. The van der Waals surface area contributed by atoms with Crippen molar-refractivity contribution in [1.82, 2.24) is 4.90 Å². The van der Waals surface area contributed by atoms with Gasteiger partial charge in [-0.25, -0.2) is 0 Å². The topological polar surface area (TPSA) is 40.5 Å². The molecule has 1 N–H and O–H groups in total. The fourth-order valence-electron chi connectivity index (χ4n) is 2.26. The molecule has 0 radical (unpaired) electrons. The Morgan fingerprint density at radius 1 is 1.29 bits per heavy atom. The van der Waals surface area contributed by atoms with Crippen molar-refractivity contribution in [3.8, 4) is 0 Å². The minimum Gasteiger partial charge on any atom is -0.381 e. The average molecular weight is 233 g/mol. The highest BCUT2D eigenvalue weighted by atomic mass is 16.3. The first-order chi connectivity index (χ1) is 7.98. The summed E-state index contributed by atoms with van der Waals surface area (Å²) in [6.45, 7) is 4.43. The molecule has 92 valence electrons. The predicted octanol–water partition coefficient (Wildman–Crippen LogP) is 1.73. The maximum Gasteiger partial charge on any atom is 0.254 e. The number of fused-ring (bicyclic) bond motifs is 1. The van der Waals surface area contributed by atoms with Gasteiger partial charge >= 0.3 is 0 Å². The molecule has 1 amide bonds.